The highest BCUT2D eigenvalue weighted by atomic mass is 35.5. The molecule has 1 heterocycles. The molecule has 0 radical (unpaired) electrons. The Morgan fingerprint density at radius 2 is 1.95 bits per heavy atom. The van der Waals surface area contributed by atoms with Crippen molar-refractivity contribution in [3.8, 4) is 0 Å². The third kappa shape index (κ3) is 2.88. The van der Waals surface area contributed by atoms with Gasteiger partial charge in [0.25, 0.3) is 0 Å². The predicted octanol–water partition coefficient (Wildman–Crippen LogP) is 3.87. The van der Waals surface area contributed by atoms with E-state index in [0.717, 1.165) is 29.9 Å². The summed E-state index contributed by atoms with van der Waals surface area (Å²) in [6.45, 7) is 0.845. The molecule has 0 saturated heterocycles. The summed E-state index contributed by atoms with van der Waals surface area (Å²) in [5.41, 5.74) is 3.19. The molecule has 0 spiro atoms. The van der Waals surface area contributed by atoms with Crippen LogP contribution in [0.3, 0.4) is 0 Å². The van der Waals surface area contributed by atoms with Crippen LogP contribution in [0.5, 0.6) is 0 Å². The summed E-state index contributed by atoms with van der Waals surface area (Å²) in [6.07, 6.45) is 0.971. The largest absolute Gasteiger partial charge is 0.355 e. The summed E-state index contributed by atoms with van der Waals surface area (Å²) in [5.74, 6) is 0.785. The van der Waals surface area contributed by atoms with Crippen molar-refractivity contribution >= 4 is 28.6 Å². The Morgan fingerprint density at radius 3 is 2.79 bits per heavy atom. The average Bonchev–Trinajstić information content (AvgIpc) is 2.82. The summed E-state index contributed by atoms with van der Waals surface area (Å²) >= 11 is 5.94. The van der Waals surface area contributed by atoms with E-state index in [0.29, 0.717) is 5.02 Å². The van der Waals surface area contributed by atoms with Crippen LogP contribution in [-0.2, 0) is 6.42 Å². The van der Waals surface area contributed by atoms with E-state index in [1.165, 1.54) is 5.56 Å². The third-order valence-electron chi connectivity index (χ3n) is 2.99. The lowest BCUT2D eigenvalue weighted by molar-refractivity contribution is 1.000. The van der Waals surface area contributed by atoms with Gasteiger partial charge in [0, 0.05) is 11.6 Å². The second kappa shape index (κ2) is 5.33. The highest BCUT2D eigenvalue weighted by Crippen LogP contribution is 2.18. The van der Waals surface area contributed by atoms with Gasteiger partial charge in [0.1, 0.15) is 0 Å². The van der Waals surface area contributed by atoms with Gasteiger partial charge >= 0.3 is 0 Å². The molecular formula is C15H14ClN3. The van der Waals surface area contributed by atoms with Crippen molar-refractivity contribution in [2.45, 2.75) is 6.42 Å². The number of aromatic nitrogens is 2. The Bertz CT molecular complexity index is 676. The van der Waals surface area contributed by atoms with Gasteiger partial charge in [0.2, 0.25) is 5.95 Å². The van der Waals surface area contributed by atoms with Crippen molar-refractivity contribution in [1.82, 2.24) is 9.97 Å². The SMILES string of the molecule is Clc1ccc2nc(NCCc3ccccc3)[nH]c2c1. The smallest absolute Gasteiger partial charge is 0.201 e. The fraction of sp³-hybridized carbons (Fsp3) is 0.133. The number of hydrogen-bond donors (Lipinski definition) is 2. The van der Waals surface area contributed by atoms with Gasteiger partial charge in [-0.2, -0.15) is 0 Å². The molecule has 0 aliphatic carbocycles. The van der Waals surface area contributed by atoms with E-state index in [2.05, 4.69) is 39.6 Å². The standard InChI is InChI=1S/C15H14ClN3/c16-12-6-7-13-14(10-12)19-15(18-13)17-9-8-11-4-2-1-3-5-11/h1-7,10H,8-9H2,(H2,17,18,19). The number of nitrogens with one attached hydrogen (secondary N) is 2. The van der Waals surface area contributed by atoms with Crippen LogP contribution in [0.4, 0.5) is 5.95 Å². The maximum absolute atomic E-state index is 5.94. The van der Waals surface area contributed by atoms with Crippen LogP contribution in [0, 0.1) is 0 Å². The van der Waals surface area contributed by atoms with E-state index >= 15 is 0 Å². The molecule has 0 aliphatic heterocycles. The minimum Gasteiger partial charge on any atom is -0.355 e. The lowest BCUT2D eigenvalue weighted by Crippen LogP contribution is -2.05. The van der Waals surface area contributed by atoms with E-state index in [-0.39, 0.29) is 0 Å². The fourth-order valence-corrected chi connectivity index (χ4v) is 2.21. The first-order chi connectivity index (χ1) is 9.31. The van der Waals surface area contributed by atoms with Gasteiger partial charge in [0.05, 0.1) is 11.0 Å². The number of fused-ring (bicyclic) bond motifs is 1. The highest BCUT2D eigenvalue weighted by molar-refractivity contribution is 6.31. The molecule has 0 saturated carbocycles. The van der Waals surface area contributed by atoms with Crippen LogP contribution in [-0.4, -0.2) is 16.5 Å². The van der Waals surface area contributed by atoms with Gasteiger partial charge in [-0.15, -0.1) is 0 Å². The van der Waals surface area contributed by atoms with Crippen molar-refractivity contribution in [2.75, 3.05) is 11.9 Å². The summed E-state index contributed by atoms with van der Waals surface area (Å²) in [6, 6.07) is 16.0. The first-order valence-corrected chi connectivity index (χ1v) is 6.62. The molecule has 0 unspecified atom stereocenters. The number of rotatable bonds is 4. The number of halogens is 1. The van der Waals surface area contributed by atoms with Crippen molar-refractivity contribution < 1.29 is 0 Å². The molecule has 2 aromatic carbocycles. The quantitative estimate of drug-likeness (QED) is 0.756. The molecule has 3 nitrogen and oxygen atoms in total. The maximum atomic E-state index is 5.94. The Hall–Kier alpha value is -2.00. The Labute approximate surface area is 116 Å². The summed E-state index contributed by atoms with van der Waals surface area (Å²) < 4.78 is 0. The van der Waals surface area contributed by atoms with Crippen molar-refractivity contribution in [1.29, 1.82) is 0 Å². The number of aromatic amines is 1. The molecule has 1 aromatic heterocycles. The van der Waals surface area contributed by atoms with Crippen LogP contribution in [0.2, 0.25) is 5.02 Å². The zero-order valence-electron chi connectivity index (χ0n) is 10.4. The van der Waals surface area contributed by atoms with Gasteiger partial charge in [-0.25, -0.2) is 4.98 Å². The molecule has 0 aliphatic rings. The monoisotopic (exact) mass is 271 g/mol. The molecule has 0 atom stereocenters. The molecule has 0 fully saturated rings. The summed E-state index contributed by atoms with van der Waals surface area (Å²) in [4.78, 5) is 7.68. The van der Waals surface area contributed by atoms with Crippen LogP contribution in [0.15, 0.2) is 48.5 Å². The minimum atomic E-state index is 0.715. The minimum absolute atomic E-state index is 0.715. The third-order valence-corrected chi connectivity index (χ3v) is 3.23. The molecule has 3 rings (SSSR count). The second-order valence-electron chi connectivity index (χ2n) is 4.41. The lowest BCUT2D eigenvalue weighted by Gasteiger charge is -2.02. The number of H-pyrrole nitrogens is 1. The molecule has 2 N–H and O–H groups in total. The molecule has 0 amide bonds. The Balaban J connectivity index is 1.65. The van der Waals surface area contributed by atoms with Crippen LogP contribution < -0.4 is 5.32 Å². The lowest BCUT2D eigenvalue weighted by atomic mass is 10.1. The van der Waals surface area contributed by atoms with Crippen molar-refractivity contribution in [3.63, 3.8) is 0 Å². The molecule has 19 heavy (non-hydrogen) atoms. The average molecular weight is 272 g/mol. The molecule has 96 valence electrons. The summed E-state index contributed by atoms with van der Waals surface area (Å²) in [7, 11) is 0. The van der Waals surface area contributed by atoms with Gasteiger partial charge in [-0.3, -0.25) is 0 Å². The first-order valence-electron chi connectivity index (χ1n) is 6.24. The van der Waals surface area contributed by atoms with Crippen molar-refractivity contribution in [2.24, 2.45) is 0 Å². The molecular weight excluding hydrogens is 258 g/mol. The molecule has 0 bridgehead atoms. The molecule has 4 heteroatoms. The van der Waals surface area contributed by atoms with E-state index in [9.17, 15) is 0 Å². The van der Waals surface area contributed by atoms with E-state index in [1.54, 1.807) is 0 Å². The highest BCUT2D eigenvalue weighted by Gasteiger charge is 2.02. The van der Waals surface area contributed by atoms with E-state index in [4.69, 9.17) is 11.6 Å². The normalized spacial score (nSPS) is 10.8. The maximum Gasteiger partial charge on any atom is 0.201 e. The molecule has 3 aromatic rings. The number of anilines is 1. The number of benzene rings is 2. The van der Waals surface area contributed by atoms with Gasteiger partial charge in [0.15, 0.2) is 0 Å². The number of hydrogen-bond acceptors (Lipinski definition) is 2. The van der Waals surface area contributed by atoms with E-state index in [1.807, 2.05) is 24.3 Å². The van der Waals surface area contributed by atoms with Gasteiger partial charge in [-0.1, -0.05) is 41.9 Å². The first kappa shape index (κ1) is 12.1. The number of imidazole rings is 1. The van der Waals surface area contributed by atoms with E-state index < -0.39 is 0 Å². The predicted molar refractivity (Wildman–Crippen MR) is 79.7 cm³/mol. The van der Waals surface area contributed by atoms with Crippen LogP contribution in [0.1, 0.15) is 5.56 Å². The van der Waals surface area contributed by atoms with Crippen LogP contribution >= 0.6 is 11.6 Å². The topological polar surface area (TPSA) is 40.7 Å². The fourth-order valence-electron chi connectivity index (χ4n) is 2.04. The Kier molecular flexibility index (Phi) is 3.38. The van der Waals surface area contributed by atoms with Crippen LogP contribution in [0.25, 0.3) is 11.0 Å². The zero-order valence-corrected chi connectivity index (χ0v) is 11.1. The number of nitrogens with zero attached hydrogens (tertiary/aromatic N) is 1. The Morgan fingerprint density at radius 1 is 1.11 bits per heavy atom. The van der Waals surface area contributed by atoms with Crippen molar-refractivity contribution in [3.05, 3.63) is 59.1 Å². The zero-order chi connectivity index (χ0) is 13.1. The summed E-state index contributed by atoms with van der Waals surface area (Å²) in [5, 5.41) is 4.01. The second-order valence-corrected chi connectivity index (χ2v) is 4.85. The van der Waals surface area contributed by atoms with Gasteiger partial charge in [-0.05, 0) is 30.2 Å². The van der Waals surface area contributed by atoms with Gasteiger partial charge < -0.3 is 10.3 Å².